The molecule has 0 bridgehead atoms. The van der Waals surface area contributed by atoms with Gasteiger partial charge in [-0.1, -0.05) is 0 Å². The molecule has 0 saturated carbocycles. The van der Waals surface area contributed by atoms with Crippen LogP contribution in [-0.2, 0) is 0 Å². The lowest BCUT2D eigenvalue weighted by Crippen LogP contribution is -1.25. The molecule has 0 spiro atoms. The van der Waals surface area contributed by atoms with Gasteiger partial charge in [0, 0.05) is 7.11 Å². The number of halogens is 3. The zero-order valence-electron chi connectivity index (χ0n) is 2.67. The molecule has 0 rings (SSSR count). The van der Waals surface area contributed by atoms with Gasteiger partial charge in [-0.2, -0.15) is 0 Å². The molecule has 0 aromatic carbocycles. The minimum absolute atomic E-state index is 0. The number of aliphatic hydroxyl groups excluding tert-OH is 1. The molecule has 1 N–H and O–H groups in total. The number of rotatable bonds is 0. The highest BCUT2D eigenvalue weighted by molar-refractivity contribution is 5.86. The molecule has 6 heavy (non-hydrogen) atoms. The van der Waals surface area contributed by atoms with Gasteiger partial charge in [0.2, 0.25) is 0 Å². The van der Waals surface area contributed by atoms with Crippen molar-refractivity contribution in [2.75, 3.05) is 7.11 Å². The van der Waals surface area contributed by atoms with Crippen molar-refractivity contribution in [1.82, 2.24) is 0 Å². The Morgan fingerprint density at radius 1 is 0.833 bits per heavy atom. The standard InChI is InChI=1S/CH4O.BH3.3ClH/c1-2;;;;/h2H,1H3;1H3;3*1H. The molecular weight excluding hydrogens is 145 g/mol. The second-order valence-electron chi connectivity index (χ2n) is 0. The summed E-state index contributed by atoms with van der Waals surface area (Å²) in [6.45, 7) is 0. The van der Waals surface area contributed by atoms with Gasteiger partial charge in [-0.3, -0.25) is 0 Å². The topological polar surface area (TPSA) is 20.2 Å². The molecule has 5 heteroatoms. The Kier molecular flexibility index (Phi) is 1960. The van der Waals surface area contributed by atoms with Crippen LogP contribution in [0, 0.1) is 0 Å². The van der Waals surface area contributed by atoms with Gasteiger partial charge in [-0.25, -0.2) is 0 Å². The van der Waals surface area contributed by atoms with E-state index in [1.807, 2.05) is 0 Å². The first kappa shape index (κ1) is 66.7. The van der Waals surface area contributed by atoms with Crippen molar-refractivity contribution in [1.29, 1.82) is 0 Å². The number of aliphatic hydroxyl groups is 1. The van der Waals surface area contributed by atoms with Crippen LogP contribution in [0.15, 0.2) is 0 Å². The second-order valence-corrected chi connectivity index (χ2v) is 0. The summed E-state index contributed by atoms with van der Waals surface area (Å²) >= 11 is 0. The van der Waals surface area contributed by atoms with E-state index in [2.05, 4.69) is 0 Å². The monoisotopic (exact) mass is 154 g/mol. The van der Waals surface area contributed by atoms with Gasteiger partial charge >= 0.3 is 0 Å². The van der Waals surface area contributed by atoms with E-state index in [1.165, 1.54) is 0 Å². The van der Waals surface area contributed by atoms with Crippen LogP contribution in [0.5, 0.6) is 0 Å². The van der Waals surface area contributed by atoms with E-state index >= 15 is 0 Å². The molecule has 0 heterocycles. The van der Waals surface area contributed by atoms with Crippen molar-refractivity contribution in [2.24, 2.45) is 0 Å². The van der Waals surface area contributed by atoms with Crippen molar-refractivity contribution in [3.8, 4) is 0 Å². The first-order valence-corrected chi connectivity index (χ1v) is 0.447. The maximum atomic E-state index is 7.00. The lowest BCUT2D eigenvalue weighted by Gasteiger charge is -1.21. The van der Waals surface area contributed by atoms with Gasteiger partial charge < -0.3 is 5.11 Å². The molecule has 0 atom stereocenters. The van der Waals surface area contributed by atoms with E-state index < -0.39 is 0 Å². The Morgan fingerprint density at radius 3 is 0.833 bits per heavy atom. The summed E-state index contributed by atoms with van der Waals surface area (Å²) in [6, 6.07) is 0. The van der Waals surface area contributed by atoms with E-state index in [4.69, 9.17) is 5.11 Å². The summed E-state index contributed by atoms with van der Waals surface area (Å²) in [5.74, 6) is 0. The predicted molar refractivity (Wildman–Crippen MR) is 39.8 cm³/mol. The van der Waals surface area contributed by atoms with Gasteiger partial charge in [-0.15, -0.1) is 37.2 Å². The maximum absolute atomic E-state index is 7.00. The Bertz CT molecular complexity index is 10.8. The van der Waals surface area contributed by atoms with Crippen LogP contribution in [0.25, 0.3) is 0 Å². The summed E-state index contributed by atoms with van der Waals surface area (Å²) in [6.07, 6.45) is 0. The van der Waals surface area contributed by atoms with Crippen molar-refractivity contribution < 1.29 is 5.11 Å². The van der Waals surface area contributed by atoms with Gasteiger partial charge in [-0.05, 0) is 0 Å². The SMILES string of the molecule is B.CO.Cl.Cl.Cl. The lowest BCUT2D eigenvalue weighted by atomic mass is 10.8. The third-order valence-electron chi connectivity index (χ3n) is 0. The van der Waals surface area contributed by atoms with Crippen LogP contribution in [0.2, 0.25) is 0 Å². The average molecular weight is 155 g/mol. The highest BCUT2D eigenvalue weighted by atomic mass is 35.5. The van der Waals surface area contributed by atoms with Crippen LogP contribution in [0.3, 0.4) is 0 Å². The van der Waals surface area contributed by atoms with E-state index in [1.54, 1.807) is 0 Å². The van der Waals surface area contributed by atoms with Crippen LogP contribution in [0.1, 0.15) is 0 Å². The van der Waals surface area contributed by atoms with Crippen LogP contribution >= 0.6 is 37.2 Å². The van der Waals surface area contributed by atoms with Crippen molar-refractivity contribution >= 4 is 45.6 Å². The zero-order valence-corrected chi connectivity index (χ0v) is 5.12. The molecule has 0 amide bonds. The Labute approximate surface area is 58.3 Å². The molecule has 1 nitrogen and oxygen atoms in total. The number of hydrogen-bond acceptors (Lipinski definition) is 1. The fourth-order valence-corrected chi connectivity index (χ4v) is 0. The molecule has 0 aliphatic rings. The molecule has 0 saturated heterocycles. The smallest absolute Gasteiger partial charge is 0.0814 e. The quantitative estimate of drug-likeness (QED) is 0.476. The molecule has 0 aromatic heterocycles. The van der Waals surface area contributed by atoms with Crippen molar-refractivity contribution in [3.63, 3.8) is 0 Å². The molecule has 0 radical (unpaired) electrons. The minimum atomic E-state index is 0. The van der Waals surface area contributed by atoms with E-state index in [-0.39, 0.29) is 45.6 Å². The van der Waals surface area contributed by atoms with Gasteiger partial charge in [0.15, 0.2) is 0 Å². The first-order chi connectivity index (χ1) is 1.00. The van der Waals surface area contributed by atoms with Gasteiger partial charge in [0.05, 0.1) is 8.41 Å². The molecule has 44 valence electrons. The number of hydrogen-bond donors (Lipinski definition) is 1. The third-order valence-corrected chi connectivity index (χ3v) is 0. The van der Waals surface area contributed by atoms with Crippen LogP contribution in [0.4, 0.5) is 0 Å². The fourth-order valence-electron chi connectivity index (χ4n) is 0. The van der Waals surface area contributed by atoms with E-state index in [0.717, 1.165) is 7.11 Å². The van der Waals surface area contributed by atoms with Crippen LogP contribution in [-0.4, -0.2) is 20.6 Å². The predicted octanol–water partition coefficient (Wildman–Crippen LogP) is -0.310. The average Bonchev–Trinajstić information content (AvgIpc) is 1.00. The minimum Gasteiger partial charge on any atom is -0.400 e. The lowest BCUT2D eigenvalue weighted by molar-refractivity contribution is 0.399. The molecule has 0 unspecified atom stereocenters. The zero-order chi connectivity index (χ0) is 2.00. The molecule has 0 aliphatic carbocycles. The second kappa shape index (κ2) is 176. The van der Waals surface area contributed by atoms with Gasteiger partial charge in [0.25, 0.3) is 0 Å². The summed E-state index contributed by atoms with van der Waals surface area (Å²) in [4.78, 5) is 0. The third kappa shape index (κ3) is 92.7. The fraction of sp³-hybridized carbons (Fsp3) is 1.00. The Morgan fingerprint density at radius 2 is 0.833 bits per heavy atom. The van der Waals surface area contributed by atoms with Gasteiger partial charge in [0.1, 0.15) is 0 Å². The van der Waals surface area contributed by atoms with E-state index in [0.29, 0.717) is 0 Å². The molecule has 0 aromatic rings. The molecular formula is CH10BCl3O. The summed E-state index contributed by atoms with van der Waals surface area (Å²) in [5.41, 5.74) is 0. The maximum Gasteiger partial charge on any atom is 0.0814 e. The van der Waals surface area contributed by atoms with Crippen molar-refractivity contribution in [3.05, 3.63) is 0 Å². The molecule has 0 aliphatic heterocycles. The summed E-state index contributed by atoms with van der Waals surface area (Å²) in [7, 11) is 1.00. The first-order valence-electron chi connectivity index (χ1n) is 0.447. The van der Waals surface area contributed by atoms with Crippen LogP contribution < -0.4 is 0 Å². The highest BCUT2D eigenvalue weighted by Crippen LogP contribution is 0.755. The Balaban J connectivity index is -0.000000000833. The highest BCUT2D eigenvalue weighted by Gasteiger charge is 0.839. The van der Waals surface area contributed by atoms with Crippen molar-refractivity contribution in [2.45, 2.75) is 0 Å². The molecule has 0 fully saturated rings. The Hall–Kier alpha value is 0.895. The summed E-state index contributed by atoms with van der Waals surface area (Å²) < 4.78 is 0. The van der Waals surface area contributed by atoms with E-state index in [9.17, 15) is 0 Å². The largest absolute Gasteiger partial charge is 0.400 e. The summed E-state index contributed by atoms with van der Waals surface area (Å²) in [5, 5.41) is 7.00. The normalized spacial score (nSPS) is 1.00.